The number of rotatable bonds is 4. The van der Waals surface area contributed by atoms with Gasteiger partial charge in [-0.15, -0.1) is 6.58 Å². The van der Waals surface area contributed by atoms with Crippen LogP contribution in [0.2, 0.25) is 0 Å². The lowest BCUT2D eigenvalue weighted by atomic mass is 10.1. The zero-order valence-corrected chi connectivity index (χ0v) is 8.22. The number of hydrogen-bond acceptors (Lipinski definition) is 4. The van der Waals surface area contributed by atoms with Gasteiger partial charge in [-0.2, -0.15) is 22.0 Å². The zero-order chi connectivity index (χ0) is 13.3. The van der Waals surface area contributed by atoms with Crippen molar-refractivity contribution in [2.45, 2.75) is 17.9 Å². The van der Waals surface area contributed by atoms with Crippen LogP contribution in [0, 0.1) is 0 Å². The second kappa shape index (κ2) is 4.13. The monoisotopic (exact) mass is 262 g/mol. The summed E-state index contributed by atoms with van der Waals surface area (Å²) in [7, 11) is 0. The maximum absolute atomic E-state index is 13.1. The normalized spacial score (nSPS) is 25.4. The van der Waals surface area contributed by atoms with Crippen LogP contribution in [0.1, 0.15) is 0 Å². The van der Waals surface area contributed by atoms with E-state index in [2.05, 4.69) is 20.8 Å². The van der Waals surface area contributed by atoms with Crippen LogP contribution >= 0.6 is 0 Å². The molecule has 1 heterocycles. The fraction of sp³-hybridized carbons (Fsp3) is 0.625. The van der Waals surface area contributed by atoms with E-state index in [1.807, 2.05) is 0 Å². The van der Waals surface area contributed by atoms with Crippen molar-refractivity contribution in [3.05, 3.63) is 12.7 Å². The van der Waals surface area contributed by atoms with Crippen molar-refractivity contribution in [3.8, 4) is 0 Å². The molecule has 1 saturated heterocycles. The first-order valence-electron chi connectivity index (χ1n) is 4.21. The number of hydrogen-bond donors (Lipinski definition) is 0. The van der Waals surface area contributed by atoms with Crippen molar-refractivity contribution in [1.82, 2.24) is 0 Å². The number of halogens is 5. The standard InChI is InChI=1S/C8H7F5O4/c1-2-3-16-6(4-15-5(14)17-6)7(9,10)8(11,12)13/h2H,1,3-4H2. The molecule has 98 valence electrons. The van der Waals surface area contributed by atoms with Gasteiger partial charge in [0.25, 0.3) is 0 Å². The minimum absolute atomic E-state index is 0.664. The summed E-state index contributed by atoms with van der Waals surface area (Å²) in [6, 6.07) is 0. The lowest BCUT2D eigenvalue weighted by molar-refractivity contribution is -0.391. The number of cyclic esters (lactones) is 2. The van der Waals surface area contributed by atoms with Crippen LogP contribution in [-0.4, -0.2) is 37.3 Å². The van der Waals surface area contributed by atoms with Gasteiger partial charge in [-0.05, 0) is 0 Å². The predicted octanol–water partition coefficient (Wildman–Crippen LogP) is 2.25. The summed E-state index contributed by atoms with van der Waals surface area (Å²) in [5.74, 6) is -8.90. The molecule has 1 aliphatic rings. The smallest absolute Gasteiger partial charge is 0.427 e. The van der Waals surface area contributed by atoms with Gasteiger partial charge in [0.05, 0.1) is 6.61 Å². The minimum Gasteiger partial charge on any atom is -0.427 e. The van der Waals surface area contributed by atoms with E-state index in [0.717, 1.165) is 6.08 Å². The lowest BCUT2D eigenvalue weighted by Gasteiger charge is -2.33. The Bertz CT molecular complexity index is 326. The Morgan fingerprint density at radius 2 is 2.00 bits per heavy atom. The van der Waals surface area contributed by atoms with Crippen molar-refractivity contribution < 1.29 is 41.0 Å². The lowest BCUT2D eigenvalue weighted by Crippen LogP contribution is -2.60. The first kappa shape index (κ1) is 13.7. The average molecular weight is 262 g/mol. The van der Waals surface area contributed by atoms with Crippen molar-refractivity contribution >= 4 is 6.16 Å². The van der Waals surface area contributed by atoms with Gasteiger partial charge in [0, 0.05) is 0 Å². The number of carbonyl (C=O) groups is 1. The Labute approximate surface area is 91.9 Å². The highest BCUT2D eigenvalue weighted by molar-refractivity contribution is 5.62. The van der Waals surface area contributed by atoms with Crippen LogP contribution in [0.15, 0.2) is 12.7 Å². The summed E-state index contributed by atoms with van der Waals surface area (Å²) in [5, 5.41) is 0. The molecule has 0 radical (unpaired) electrons. The van der Waals surface area contributed by atoms with Gasteiger partial charge in [-0.3, -0.25) is 0 Å². The molecule has 0 aromatic carbocycles. The van der Waals surface area contributed by atoms with E-state index in [9.17, 15) is 26.7 Å². The van der Waals surface area contributed by atoms with Gasteiger partial charge in [-0.25, -0.2) is 4.79 Å². The van der Waals surface area contributed by atoms with Gasteiger partial charge in [0.1, 0.15) is 0 Å². The Morgan fingerprint density at radius 1 is 1.41 bits per heavy atom. The molecular weight excluding hydrogens is 255 g/mol. The number of carbonyl (C=O) groups excluding carboxylic acids is 1. The fourth-order valence-electron chi connectivity index (χ4n) is 1.07. The molecule has 0 amide bonds. The Balaban J connectivity index is 3.06. The van der Waals surface area contributed by atoms with Crippen molar-refractivity contribution in [2.24, 2.45) is 0 Å². The van der Waals surface area contributed by atoms with Crippen molar-refractivity contribution in [3.63, 3.8) is 0 Å². The van der Waals surface area contributed by atoms with Gasteiger partial charge < -0.3 is 14.2 Å². The number of ether oxygens (including phenoxy) is 3. The number of alkyl halides is 5. The van der Waals surface area contributed by atoms with E-state index < -0.39 is 37.3 Å². The molecule has 0 N–H and O–H groups in total. The largest absolute Gasteiger partial charge is 0.511 e. The minimum atomic E-state index is -5.94. The van der Waals surface area contributed by atoms with Crippen LogP contribution in [0.5, 0.6) is 0 Å². The highest BCUT2D eigenvalue weighted by Crippen LogP contribution is 2.47. The predicted molar refractivity (Wildman–Crippen MR) is 42.3 cm³/mol. The Hall–Kier alpha value is -1.38. The topological polar surface area (TPSA) is 44.8 Å². The highest BCUT2D eigenvalue weighted by atomic mass is 19.4. The molecule has 0 aromatic rings. The van der Waals surface area contributed by atoms with E-state index >= 15 is 0 Å². The maximum atomic E-state index is 13.1. The Kier molecular flexibility index (Phi) is 3.33. The molecule has 4 nitrogen and oxygen atoms in total. The molecule has 1 aliphatic heterocycles. The first-order chi connectivity index (χ1) is 7.66. The molecule has 1 atom stereocenters. The SMILES string of the molecule is C=CCOC1(C(F)(F)C(F)(F)F)COC(=O)O1. The molecule has 0 aliphatic carbocycles. The third-order valence-electron chi connectivity index (χ3n) is 1.90. The average Bonchev–Trinajstić information content (AvgIpc) is 2.57. The second-order valence-electron chi connectivity index (χ2n) is 3.07. The maximum Gasteiger partial charge on any atom is 0.511 e. The molecule has 0 aromatic heterocycles. The van der Waals surface area contributed by atoms with Crippen LogP contribution in [0.3, 0.4) is 0 Å². The van der Waals surface area contributed by atoms with E-state index in [-0.39, 0.29) is 0 Å². The summed E-state index contributed by atoms with van der Waals surface area (Å²) < 4.78 is 74.9. The van der Waals surface area contributed by atoms with E-state index in [4.69, 9.17) is 0 Å². The summed E-state index contributed by atoms with van der Waals surface area (Å²) in [6.45, 7) is 1.06. The summed E-state index contributed by atoms with van der Waals surface area (Å²) in [4.78, 5) is 10.5. The third kappa shape index (κ3) is 2.19. The third-order valence-corrected chi connectivity index (χ3v) is 1.90. The van der Waals surface area contributed by atoms with Crippen LogP contribution in [-0.2, 0) is 14.2 Å². The quantitative estimate of drug-likeness (QED) is 0.443. The zero-order valence-electron chi connectivity index (χ0n) is 8.22. The molecular formula is C8H7F5O4. The van der Waals surface area contributed by atoms with Gasteiger partial charge >= 0.3 is 24.0 Å². The van der Waals surface area contributed by atoms with E-state index in [0.29, 0.717) is 0 Å². The molecule has 1 fully saturated rings. The van der Waals surface area contributed by atoms with Gasteiger partial charge in [0.15, 0.2) is 6.61 Å². The molecule has 0 spiro atoms. The first-order valence-corrected chi connectivity index (χ1v) is 4.21. The van der Waals surface area contributed by atoms with E-state index in [1.165, 1.54) is 0 Å². The van der Waals surface area contributed by atoms with Crippen molar-refractivity contribution in [1.29, 1.82) is 0 Å². The highest BCUT2D eigenvalue weighted by Gasteiger charge is 2.76. The molecule has 9 heteroatoms. The van der Waals surface area contributed by atoms with Crippen molar-refractivity contribution in [2.75, 3.05) is 13.2 Å². The van der Waals surface area contributed by atoms with Gasteiger partial charge in [-0.1, -0.05) is 6.08 Å². The fourth-order valence-corrected chi connectivity index (χ4v) is 1.07. The summed E-state index contributed by atoms with van der Waals surface area (Å²) >= 11 is 0. The van der Waals surface area contributed by atoms with Gasteiger partial charge in [0.2, 0.25) is 0 Å². The van der Waals surface area contributed by atoms with Crippen LogP contribution < -0.4 is 0 Å². The molecule has 1 unspecified atom stereocenters. The second-order valence-corrected chi connectivity index (χ2v) is 3.07. The molecule has 1 rings (SSSR count). The summed E-state index contributed by atoms with van der Waals surface area (Å²) in [5.41, 5.74) is 0. The molecule has 17 heavy (non-hydrogen) atoms. The van der Waals surface area contributed by atoms with E-state index in [1.54, 1.807) is 0 Å². The van der Waals surface area contributed by atoms with Crippen LogP contribution in [0.25, 0.3) is 0 Å². The van der Waals surface area contributed by atoms with Crippen LogP contribution in [0.4, 0.5) is 26.7 Å². The molecule has 0 bridgehead atoms. The summed E-state index contributed by atoms with van der Waals surface area (Å²) in [6.07, 6.45) is -6.67. The molecule has 0 saturated carbocycles. The Morgan fingerprint density at radius 3 is 2.35 bits per heavy atom.